The zero-order valence-electron chi connectivity index (χ0n) is 13.8. The molecule has 0 radical (unpaired) electrons. The van der Waals surface area contributed by atoms with Crippen molar-refractivity contribution in [3.63, 3.8) is 0 Å². The summed E-state index contributed by atoms with van der Waals surface area (Å²) >= 11 is 1.62. The molecule has 0 aliphatic carbocycles. The molecule has 6 heteroatoms. The molecule has 1 aromatic heterocycles. The highest BCUT2D eigenvalue weighted by atomic mass is 32.2. The van der Waals surface area contributed by atoms with Crippen LogP contribution in [0.3, 0.4) is 0 Å². The maximum atomic E-state index is 12.7. The Balaban J connectivity index is 1.95. The van der Waals surface area contributed by atoms with E-state index in [2.05, 4.69) is 15.5 Å². The summed E-state index contributed by atoms with van der Waals surface area (Å²) in [5.41, 5.74) is 3.17. The fourth-order valence-corrected chi connectivity index (χ4v) is 2.92. The van der Waals surface area contributed by atoms with Crippen LogP contribution in [-0.2, 0) is 7.05 Å². The minimum absolute atomic E-state index is 0.127. The molecule has 1 heterocycles. The highest BCUT2D eigenvalue weighted by molar-refractivity contribution is 7.98. The lowest BCUT2D eigenvalue weighted by molar-refractivity contribution is 0.102. The van der Waals surface area contributed by atoms with Crippen molar-refractivity contribution in [3.8, 4) is 11.4 Å². The van der Waals surface area contributed by atoms with Gasteiger partial charge in [0, 0.05) is 23.1 Å². The lowest BCUT2D eigenvalue weighted by Crippen LogP contribution is -2.14. The molecule has 0 fully saturated rings. The number of aromatic nitrogens is 3. The Morgan fingerprint density at radius 2 is 2.00 bits per heavy atom. The summed E-state index contributed by atoms with van der Waals surface area (Å²) in [5.74, 6) is 0.582. The lowest BCUT2D eigenvalue weighted by Gasteiger charge is -2.12. The van der Waals surface area contributed by atoms with E-state index in [-0.39, 0.29) is 5.91 Å². The molecule has 0 aliphatic rings. The number of hydrogen-bond acceptors (Lipinski definition) is 4. The largest absolute Gasteiger partial charge is 0.321 e. The third-order valence-corrected chi connectivity index (χ3v) is 4.54. The van der Waals surface area contributed by atoms with E-state index in [0.29, 0.717) is 17.1 Å². The van der Waals surface area contributed by atoms with Gasteiger partial charge in [-0.2, -0.15) is 0 Å². The van der Waals surface area contributed by atoms with Crippen LogP contribution in [0.15, 0.2) is 53.7 Å². The zero-order chi connectivity index (χ0) is 17.1. The highest BCUT2D eigenvalue weighted by Crippen LogP contribution is 2.27. The summed E-state index contributed by atoms with van der Waals surface area (Å²) in [7, 11) is 1.88. The SMILES string of the molecule is CSc1ccc(C)c(C(=O)Nc2ccccc2-c2nncn2C)c1. The molecule has 0 spiro atoms. The predicted molar refractivity (Wildman–Crippen MR) is 97.4 cm³/mol. The Bertz CT molecular complexity index is 888. The van der Waals surface area contributed by atoms with Crippen LogP contribution >= 0.6 is 11.8 Å². The fourth-order valence-electron chi connectivity index (χ4n) is 2.48. The smallest absolute Gasteiger partial charge is 0.255 e. The molecule has 5 nitrogen and oxygen atoms in total. The second-order valence-corrected chi connectivity index (χ2v) is 6.33. The molecule has 0 saturated heterocycles. The van der Waals surface area contributed by atoms with Crippen molar-refractivity contribution in [1.29, 1.82) is 0 Å². The minimum Gasteiger partial charge on any atom is -0.321 e. The number of thioether (sulfide) groups is 1. The Morgan fingerprint density at radius 3 is 2.71 bits per heavy atom. The molecule has 24 heavy (non-hydrogen) atoms. The first-order valence-electron chi connectivity index (χ1n) is 7.49. The molecule has 122 valence electrons. The Hall–Kier alpha value is -2.60. The minimum atomic E-state index is -0.127. The van der Waals surface area contributed by atoms with Crippen LogP contribution in [0.5, 0.6) is 0 Å². The number of rotatable bonds is 4. The normalized spacial score (nSPS) is 10.6. The topological polar surface area (TPSA) is 59.8 Å². The molecule has 2 aromatic carbocycles. The summed E-state index contributed by atoms with van der Waals surface area (Å²) in [4.78, 5) is 13.8. The van der Waals surface area contributed by atoms with Crippen LogP contribution in [0, 0.1) is 6.92 Å². The van der Waals surface area contributed by atoms with E-state index >= 15 is 0 Å². The lowest BCUT2D eigenvalue weighted by atomic mass is 10.1. The van der Waals surface area contributed by atoms with E-state index < -0.39 is 0 Å². The van der Waals surface area contributed by atoms with Crippen molar-refractivity contribution in [2.45, 2.75) is 11.8 Å². The van der Waals surface area contributed by atoms with E-state index in [0.717, 1.165) is 16.0 Å². The molecule has 0 saturated carbocycles. The molecule has 0 bridgehead atoms. The van der Waals surface area contributed by atoms with Crippen molar-refractivity contribution in [1.82, 2.24) is 14.8 Å². The van der Waals surface area contributed by atoms with Crippen LogP contribution in [0.25, 0.3) is 11.4 Å². The summed E-state index contributed by atoms with van der Waals surface area (Å²) < 4.78 is 1.82. The number of nitrogens with zero attached hydrogens (tertiary/aromatic N) is 3. The quantitative estimate of drug-likeness (QED) is 0.736. The van der Waals surface area contributed by atoms with Gasteiger partial charge in [-0.25, -0.2) is 0 Å². The van der Waals surface area contributed by atoms with Crippen LogP contribution in [0.2, 0.25) is 0 Å². The average Bonchev–Trinajstić information content (AvgIpc) is 3.01. The van der Waals surface area contributed by atoms with Gasteiger partial charge >= 0.3 is 0 Å². The van der Waals surface area contributed by atoms with E-state index in [1.165, 1.54) is 0 Å². The Labute approximate surface area is 145 Å². The van der Waals surface area contributed by atoms with E-state index in [1.54, 1.807) is 18.1 Å². The Kier molecular flexibility index (Phi) is 4.66. The van der Waals surface area contributed by atoms with E-state index in [4.69, 9.17) is 0 Å². The number of benzene rings is 2. The molecule has 0 unspecified atom stereocenters. The van der Waals surface area contributed by atoms with Gasteiger partial charge in [0.1, 0.15) is 6.33 Å². The third kappa shape index (κ3) is 3.19. The monoisotopic (exact) mass is 338 g/mol. The van der Waals surface area contributed by atoms with Crippen molar-refractivity contribution < 1.29 is 4.79 Å². The number of carbonyl (C=O) groups is 1. The van der Waals surface area contributed by atoms with Gasteiger partial charge in [0.15, 0.2) is 5.82 Å². The number of hydrogen-bond donors (Lipinski definition) is 1. The molecule has 3 aromatic rings. The number of para-hydroxylation sites is 1. The molecular formula is C18H18N4OS. The van der Waals surface area contributed by atoms with Crippen LogP contribution in [-0.4, -0.2) is 26.9 Å². The van der Waals surface area contributed by atoms with Crippen LogP contribution in [0.4, 0.5) is 5.69 Å². The molecule has 1 N–H and O–H groups in total. The fraction of sp³-hybridized carbons (Fsp3) is 0.167. The average molecular weight is 338 g/mol. The number of amides is 1. The summed E-state index contributed by atoms with van der Waals surface area (Å²) in [5, 5.41) is 11.0. The maximum Gasteiger partial charge on any atom is 0.255 e. The van der Waals surface area contributed by atoms with Crippen molar-refractivity contribution in [2.75, 3.05) is 11.6 Å². The number of carbonyl (C=O) groups excluding carboxylic acids is 1. The van der Waals surface area contributed by atoms with Crippen molar-refractivity contribution in [3.05, 3.63) is 59.9 Å². The summed E-state index contributed by atoms with van der Waals surface area (Å²) in [6, 6.07) is 13.5. The first-order valence-corrected chi connectivity index (χ1v) is 8.72. The zero-order valence-corrected chi connectivity index (χ0v) is 14.6. The van der Waals surface area contributed by atoms with Gasteiger partial charge in [-0.1, -0.05) is 18.2 Å². The van der Waals surface area contributed by atoms with Gasteiger partial charge in [-0.05, 0) is 43.0 Å². The summed E-state index contributed by atoms with van der Waals surface area (Å²) in [6.45, 7) is 1.94. The van der Waals surface area contributed by atoms with Gasteiger partial charge in [0.05, 0.1) is 5.69 Å². The van der Waals surface area contributed by atoms with Gasteiger partial charge in [0.25, 0.3) is 5.91 Å². The predicted octanol–water partition coefficient (Wildman–Crippen LogP) is 3.76. The highest BCUT2D eigenvalue weighted by Gasteiger charge is 2.15. The molecule has 3 rings (SSSR count). The van der Waals surface area contributed by atoms with Gasteiger partial charge < -0.3 is 9.88 Å². The summed E-state index contributed by atoms with van der Waals surface area (Å²) in [6.07, 6.45) is 3.63. The van der Waals surface area contributed by atoms with Crippen LogP contribution < -0.4 is 5.32 Å². The van der Waals surface area contributed by atoms with Gasteiger partial charge in [0.2, 0.25) is 0 Å². The van der Waals surface area contributed by atoms with E-state index in [1.807, 2.05) is 67.3 Å². The standard InChI is InChI=1S/C18H18N4OS/c1-12-8-9-13(24-3)10-15(12)18(23)20-16-7-5-4-6-14(16)17-21-19-11-22(17)2/h4-11H,1-3H3,(H,20,23). The van der Waals surface area contributed by atoms with Crippen molar-refractivity contribution >= 4 is 23.4 Å². The second-order valence-electron chi connectivity index (χ2n) is 5.45. The first kappa shape index (κ1) is 16.3. The molecular weight excluding hydrogens is 320 g/mol. The first-order chi connectivity index (χ1) is 11.6. The molecule has 0 aliphatic heterocycles. The molecule has 0 atom stereocenters. The second kappa shape index (κ2) is 6.88. The molecule has 1 amide bonds. The van der Waals surface area contributed by atoms with Crippen LogP contribution in [0.1, 0.15) is 15.9 Å². The number of aryl methyl sites for hydroxylation is 2. The van der Waals surface area contributed by atoms with Gasteiger partial charge in [-0.3, -0.25) is 4.79 Å². The maximum absolute atomic E-state index is 12.7. The Morgan fingerprint density at radius 1 is 1.21 bits per heavy atom. The number of anilines is 1. The van der Waals surface area contributed by atoms with Gasteiger partial charge in [-0.15, -0.1) is 22.0 Å². The van der Waals surface area contributed by atoms with Crippen molar-refractivity contribution in [2.24, 2.45) is 7.05 Å². The third-order valence-electron chi connectivity index (χ3n) is 3.82. The van der Waals surface area contributed by atoms with E-state index in [9.17, 15) is 4.79 Å². The number of nitrogens with one attached hydrogen (secondary N) is 1.